The van der Waals surface area contributed by atoms with Crippen LogP contribution in [0.25, 0.3) is 5.65 Å². The van der Waals surface area contributed by atoms with Crippen LogP contribution in [0.3, 0.4) is 0 Å². The number of hydrogen-bond acceptors (Lipinski definition) is 4. The smallest absolute Gasteiger partial charge is 0.243 e. The van der Waals surface area contributed by atoms with Gasteiger partial charge in [-0.25, -0.2) is 4.52 Å². The molecule has 2 aromatic rings. The topological polar surface area (TPSA) is 45.5 Å². The van der Waals surface area contributed by atoms with Crippen molar-refractivity contribution < 1.29 is 0 Å². The number of nitrogens with zero attached hydrogens (tertiary/aromatic N) is 4. The molecule has 0 aliphatic heterocycles. The number of likely N-dealkylation sites (N-methyl/N-ethyl adjacent to an activating group) is 1. The first-order valence-corrected chi connectivity index (χ1v) is 5.86. The first-order valence-electron chi connectivity index (χ1n) is 5.48. The van der Waals surface area contributed by atoms with Crippen molar-refractivity contribution in [3.8, 4) is 0 Å². The molecule has 2 aromatic heterocycles. The normalized spacial score (nSPS) is 13.2. The molecule has 2 rings (SSSR count). The van der Waals surface area contributed by atoms with E-state index < -0.39 is 0 Å². The van der Waals surface area contributed by atoms with Gasteiger partial charge in [0, 0.05) is 18.8 Å². The zero-order valence-electron chi connectivity index (χ0n) is 10.2. The highest BCUT2D eigenvalue weighted by Gasteiger charge is 2.07. The molecule has 0 spiro atoms. The number of nitrogens with one attached hydrogen (secondary N) is 1. The van der Waals surface area contributed by atoms with Crippen molar-refractivity contribution in [2.75, 3.05) is 26.0 Å². The maximum absolute atomic E-state index is 5.88. The molecule has 1 N–H and O–H groups in total. The molecule has 2 heterocycles. The Bertz CT molecular complexity index is 508. The minimum atomic E-state index is 0.421. The zero-order chi connectivity index (χ0) is 12.4. The Hall–Kier alpha value is -1.33. The standard InChI is InChI=1S/C11H16ClN5/c1-8(16(2)3)6-13-11-14-10-5-4-9(12)7-17(10)15-11/h4-5,7-8H,6H2,1-3H3,(H,13,15). The van der Waals surface area contributed by atoms with Crippen molar-refractivity contribution in [2.45, 2.75) is 13.0 Å². The Kier molecular flexibility index (Phi) is 3.49. The van der Waals surface area contributed by atoms with Crippen LogP contribution in [0.15, 0.2) is 18.3 Å². The summed E-state index contributed by atoms with van der Waals surface area (Å²) in [5.41, 5.74) is 0.786. The van der Waals surface area contributed by atoms with Crippen LogP contribution in [0.1, 0.15) is 6.92 Å². The van der Waals surface area contributed by atoms with E-state index >= 15 is 0 Å². The summed E-state index contributed by atoms with van der Waals surface area (Å²) in [6.45, 7) is 2.94. The lowest BCUT2D eigenvalue weighted by Crippen LogP contribution is -2.31. The second-order valence-electron chi connectivity index (χ2n) is 4.28. The van der Waals surface area contributed by atoms with Gasteiger partial charge in [0.25, 0.3) is 0 Å². The Morgan fingerprint density at radius 2 is 2.24 bits per heavy atom. The number of hydrogen-bond donors (Lipinski definition) is 1. The van der Waals surface area contributed by atoms with E-state index in [0.29, 0.717) is 17.0 Å². The molecule has 0 bridgehead atoms. The lowest BCUT2D eigenvalue weighted by atomic mass is 10.3. The first-order chi connectivity index (χ1) is 8.06. The molecule has 17 heavy (non-hydrogen) atoms. The minimum Gasteiger partial charge on any atom is -0.351 e. The molecule has 0 radical (unpaired) electrons. The summed E-state index contributed by atoms with van der Waals surface area (Å²) in [4.78, 5) is 6.49. The number of rotatable bonds is 4. The number of pyridine rings is 1. The van der Waals surface area contributed by atoms with E-state index in [1.807, 2.05) is 20.2 Å². The van der Waals surface area contributed by atoms with Crippen molar-refractivity contribution in [1.29, 1.82) is 0 Å². The average Bonchev–Trinajstić information content (AvgIpc) is 2.67. The van der Waals surface area contributed by atoms with Crippen molar-refractivity contribution in [3.63, 3.8) is 0 Å². The molecule has 5 nitrogen and oxygen atoms in total. The fourth-order valence-corrected chi connectivity index (χ4v) is 1.51. The third-order valence-electron chi connectivity index (χ3n) is 2.73. The molecule has 1 unspecified atom stereocenters. The minimum absolute atomic E-state index is 0.421. The predicted molar refractivity (Wildman–Crippen MR) is 69.6 cm³/mol. The van der Waals surface area contributed by atoms with Gasteiger partial charge in [-0.15, -0.1) is 5.10 Å². The maximum atomic E-state index is 5.88. The van der Waals surface area contributed by atoms with Crippen LogP contribution < -0.4 is 5.32 Å². The fraction of sp³-hybridized carbons (Fsp3) is 0.455. The summed E-state index contributed by atoms with van der Waals surface area (Å²) in [6.07, 6.45) is 1.74. The molecular weight excluding hydrogens is 238 g/mol. The third kappa shape index (κ3) is 2.87. The Morgan fingerprint density at radius 1 is 1.47 bits per heavy atom. The highest BCUT2D eigenvalue weighted by atomic mass is 35.5. The zero-order valence-corrected chi connectivity index (χ0v) is 10.9. The van der Waals surface area contributed by atoms with E-state index in [1.54, 1.807) is 16.8 Å². The molecular formula is C11H16ClN5. The lowest BCUT2D eigenvalue weighted by Gasteiger charge is -2.19. The largest absolute Gasteiger partial charge is 0.351 e. The van der Waals surface area contributed by atoms with Crippen LogP contribution in [-0.2, 0) is 0 Å². The molecule has 0 fully saturated rings. The number of aromatic nitrogens is 3. The Labute approximate surface area is 105 Å². The van der Waals surface area contributed by atoms with Gasteiger partial charge in [0.05, 0.1) is 5.02 Å². The van der Waals surface area contributed by atoms with E-state index in [0.717, 1.165) is 12.2 Å². The van der Waals surface area contributed by atoms with Gasteiger partial charge >= 0.3 is 0 Å². The molecule has 0 aliphatic carbocycles. The highest BCUT2D eigenvalue weighted by Crippen LogP contribution is 2.11. The van der Waals surface area contributed by atoms with Crippen LogP contribution in [0, 0.1) is 0 Å². The second kappa shape index (κ2) is 4.89. The number of fused-ring (bicyclic) bond motifs is 1. The van der Waals surface area contributed by atoms with Gasteiger partial charge in [0.15, 0.2) is 5.65 Å². The van der Waals surface area contributed by atoms with E-state index in [-0.39, 0.29) is 0 Å². The number of anilines is 1. The van der Waals surface area contributed by atoms with Gasteiger partial charge < -0.3 is 10.2 Å². The second-order valence-corrected chi connectivity index (χ2v) is 4.72. The van der Waals surface area contributed by atoms with Crippen LogP contribution in [0.4, 0.5) is 5.95 Å². The van der Waals surface area contributed by atoms with Gasteiger partial charge in [0.2, 0.25) is 5.95 Å². The lowest BCUT2D eigenvalue weighted by molar-refractivity contribution is 0.326. The Balaban J connectivity index is 2.09. The van der Waals surface area contributed by atoms with E-state index in [9.17, 15) is 0 Å². The monoisotopic (exact) mass is 253 g/mol. The summed E-state index contributed by atoms with van der Waals surface area (Å²) < 4.78 is 1.67. The van der Waals surface area contributed by atoms with Gasteiger partial charge in [-0.05, 0) is 33.2 Å². The van der Waals surface area contributed by atoms with Crippen molar-refractivity contribution >= 4 is 23.2 Å². The number of halogens is 1. The summed E-state index contributed by atoms with van der Waals surface area (Å²) in [5.74, 6) is 0.626. The van der Waals surface area contributed by atoms with Gasteiger partial charge in [-0.2, -0.15) is 4.98 Å². The molecule has 0 amide bonds. The fourth-order valence-electron chi connectivity index (χ4n) is 1.35. The summed E-state index contributed by atoms with van der Waals surface area (Å²) >= 11 is 5.88. The summed E-state index contributed by atoms with van der Waals surface area (Å²) in [7, 11) is 4.09. The van der Waals surface area contributed by atoms with Crippen molar-refractivity contribution in [1.82, 2.24) is 19.5 Å². The van der Waals surface area contributed by atoms with Gasteiger partial charge in [-0.1, -0.05) is 11.6 Å². The molecule has 0 aliphatic rings. The van der Waals surface area contributed by atoms with Crippen molar-refractivity contribution in [3.05, 3.63) is 23.4 Å². The van der Waals surface area contributed by atoms with Gasteiger partial charge in [-0.3, -0.25) is 0 Å². The van der Waals surface area contributed by atoms with E-state index in [1.165, 1.54) is 0 Å². The van der Waals surface area contributed by atoms with Crippen LogP contribution in [-0.4, -0.2) is 46.2 Å². The maximum Gasteiger partial charge on any atom is 0.243 e. The summed E-state index contributed by atoms with van der Waals surface area (Å²) in [5, 5.41) is 8.15. The van der Waals surface area contributed by atoms with Crippen LogP contribution in [0.2, 0.25) is 5.02 Å². The van der Waals surface area contributed by atoms with Crippen LogP contribution in [0.5, 0.6) is 0 Å². The predicted octanol–water partition coefficient (Wildman–Crippen LogP) is 1.74. The highest BCUT2D eigenvalue weighted by molar-refractivity contribution is 6.30. The Morgan fingerprint density at radius 3 is 2.94 bits per heavy atom. The molecule has 1 atom stereocenters. The molecule has 0 aromatic carbocycles. The van der Waals surface area contributed by atoms with E-state index in [4.69, 9.17) is 11.6 Å². The molecule has 0 saturated carbocycles. The molecule has 6 heteroatoms. The average molecular weight is 254 g/mol. The van der Waals surface area contributed by atoms with Crippen LogP contribution >= 0.6 is 11.6 Å². The van der Waals surface area contributed by atoms with Gasteiger partial charge in [0.1, 0.15) is 0 Å². The summed E-state index contributed by atoms with van der Waals surface area (Å²) in [6, 6.07) is 4.07. The molecule has 0 saturated heterocycles. The first kappa shape index (κ1) is 12.1. The molecule has 92 valence electrons. The quantitative estimate of drug-likeness (QED) is 0.902. The van der Waals surface area contributed by atoms with Crippen molar-refractivity contribution in [2.24, 2.45) is 0 Å². The van der Waals surface area contributed by atoms with E-state index in [2.05, 4.69) is 27.2 Å². The SMILES string of the molecule is CC(CNc1nc2ccc(Cl)cn2n1)N(C)C. The third-order valence-corrected chi connectivity index (χ3v) is 2.96.